The second-order valence-electron chi connectivity index (χ2n) is 5.30. The fraction of sp³-hybridized carbons (Fsp3) is 0.176. The molecule has 7 heteroatoms. The number of hydrogen-bond donors (Lipinski definition) is 1. The Kier molecular flexibility index (Phi) is 4.49. The molecule has 0 saturated carbocycles. The van der Waals surface area contributed by atoms with E-state index >= 15 is 0 Å². The number of imidazole rings is 1. The number of carbonyl (C=O) groups excluding carboxylic acids is 1. The predicted octanol–water partition coefficient (Wildman–Crippen LogP) is 3.71. The molecule has 2 aromatic carbocycles. The summed E-state index contributed by atoms with van der Waals surface area (Å²) in [7, 11) is 0. The first-order valence-corrected chi connectivity index (χ1v) is 7.70. The number of rotatable bonds is 4. The standard InChI is InChI=1S/C17H14ClF2N3O/c1-10-22-15-4-2-3-5-16(15)23(10)7-6-21-17(24)11-8-13(19)14(20)9-12(11)18/h2-5,8-9H,6-7H2,1H3,(H,21,24). The normalized spacial score (nSPS) is 11.0. The summed E-state index contributed by atoms with van der Waals surface area (Å²) >= 11 is 5.80. The van der Waals surface area contributed by atoms with Gasteiger partial charge >= 0.3 is 0 Å². The molecule has 3 rings (SSSR count). The van der Waals surface area contributed by atoms with Crippen molar-refractivity contribution in [3.05, 3.63) is 64.4 Å². The lowest BCUT2D eigenvalue weighted by Crippen LogP contribution is -2.28. The number of aryl methyl sites for hydroxylation is 1. The van der Waals surface area contributed by atoms with Crippen molar-refractivity contribution >= 4 is 28.5 Å². The molecular weight excluding hydrogens is 336 g/mol. The maximum atomic E-state index is 13.3. The van der Waals surface area contributed by atoms with E-state index in [1.54, 1.807) is 0 Å². The molecule has 0 saturated heterocycles. The van der Waals surface area contributed by atoms with Gasteiger partial charge in [-0.05, 0) is 31.2 Å². The molecule has 1 heterocycles. The Morgan fingerprint density at radius 1 is 1.25 bits per heavy atom. The molecule has 0 spiro atoms. The highest BCUT2D eigenvalue weighted by atomic mass is 35.5. The minimum Gasteiger partial charge on any atom is -0.350 e. The van der Waals surface area contributed by atoms with Crippen molar-refractivity contribution in [2.24, 2.45) is 0 Å². The molecule has 0 aliphatic carbocycles. The van der Waals surface area contributed by atoms with Crippen molar-refractivity contribution in [1.82, 2.24) is 14.9 Å². The van der Waals surface area contributed by atoms with Crippen LogP contribution in [-0.4, -0.2) is 22.0 Å². The number of aromatic nitrogens is 2. The van der Waals surface area contributed by atoms with Crippen LogP contribution < -0.4 is 5.32 Å². The monoisotopic (exact) mass is 349 g/mol. The highest BCUT2D eigenvalue weighted by Gasteiger charge is 2.15. The predicted molar refractivity (Wildman–Crippen MR) is 88.2 cm³/mol. The number of para-hydroxylation sites is 2. The van der Waals surface area contributed by atoms with Crippen LogP contribution in [-0.2, 0) is 6.54 Å². The lowest BCUT2D eigenvalue weighted by Gasteiger charge is -2.10. The molecule has 1 amide bonds. The topological polar surface area (TPSA) is 46.9 Å². The second kappa shape index (κ2) is 6.57. The van der Waals surface area contributed by atoms with Crippen molar-refractivity contribution in [1.29, 1.82) is 0 Å². The van der Waals surface area contributed by atoms with Gasteiger partial charge in [-0.2, -0.15) is 0 Å². The highest BCUT2D eigenvalue weighted by molar-refractivity contribution is 6.33. The van der Waals surface area contributed by atoms with E-state index < -0.39 is 17.5 Å². The molecule has 0 unspecified atom stereocenters. The highest BCUT2D eigenvalue weighted by Crippen LogP contribution is 2.20. The summed E-state index contributed by atoms with van der Waals surface area (Å²) in [5.41, 5.74) is 1.75. The quantitative estimate of drug-likeness (QED) is 0.730. The van der Waals surface area contributed by atoms with Gasteiger partial charge in [0.2, 0.25) is 0 Å². The minimum absolute atomic E-state index is 0.0947. The Morgan fingerprint density at radius 3 is 2.75 bits per heavy atom. The summed E-state index contributed by atoms with van der Waals surface area (Å²) in [6.07, 6.45) is 0. The van der Waals surface area contributed by atoms with Gasteiger partial charge in [0.15, 0.2) is 11.6 Å². The number of fused-ring (bicyclic) bond motifs is 1. The zero-order chi connectivity index (χ0) is 17.3. The van der Waals surface area contributed by atoms with Crippen molar-refractivity contribution in [2.75, 3.05) is 6.54 Å². The Hall–Kier alpha value is -2.47. The zero-order valence-electron chi connectivity index (χ0n) is 12.8. The molecule has 0 aliphatic rings. The number of carbonyl (C=O) groups is 1. The van der Waals surface area contributed by atoms with Crippen LogP contribution in [0.25, 0.3) is 11.0 Å². The molecule has 4 nitrogen and oxygen atoms in total. The van der Waals surface area contributed by atoms with E-state index in [0.717, 1.165) is 29.0 Å². The molecule has 0 radical (unpaired) electrons. The maximum absolute atomic E-state index is 13.3. The van der Waals surface area contributed by atoms with Gasteiger partial charge in [-0.3, -0.25) is 4.79 Å². The number of amides is 1. The zero-order valence-corrected chi connectivity index (χ0v) is 13.6. The fourth-order valence-electron chi connectivity index (χ4n) is 2.55. The lowest BCUT2D eigenvalue weighted by molar-refractivity contribution is 0.0952. The number of nitrogens with zero attached hydrogens (tertiary/aromatic N) is 2. The smallest absolute Gasteiger partial charge is 0.252 e. The van der Waals surface area contributed by atoms with Crippen molar-refractivity contribution in [3.63, 3.8) is 0 Å². The fourth-order valence-corrected chi connectivity index (χ4v) is 2.79. The summed E-state index contributed by atoms with van der Waals surface area (Å²) < 4.78 is 28.3. The average molecular weight is 350 g/mol. The lowest BCUT2D eigenvalue weighted by atomic mass is 10.2. The van der Waals surface area contributed by atoms with Crippen molar-refractivity contribution < 1.29 is 13.6 Å². The first-order chi connectivity index (χ1) is 11.5. The third-order valence-corrected chi connectivity index (χ3v) is 4.03. The van der Waals surface area contributed by atoms with Gasteiger partial charge in [0.1, 0.15) is 5.82 Å². The Bertz CT molecular complexity index is 924. The van der Waals surface area contributed by atoms with E-state index in [9.17, 15) is 13.6 Å². The van der Waals surface area contributed by atoms with Gasteiger partial charge in [-0.25, -0.2) is 13.8 Å². The van der Waals surface area contributed by atoms with Crippen LogP contribution in [0.5, 0.6) is 0 Å². The van der Waals surface area contributed by atoms with E-state index in [0.29, 0.717) is 13.1 Å². The first-order valence-electron chi connectivity index (χ1n) is 7.32. The van der Waals surface area contributed by atoms with Gasteiger partial charge in [-0.15, -0.1) is 0 Å². The summed E-state index contributed by atoms with van der Waals surface area (Å²) in [5, 5.41) is 2.53. The maximum Gasteiger partial charge on any atom is 0.252 e. The van der Waals surface area contributed by atoms with Crippen LogP contribution in [0, 0.1) is 18.6 Å². The molecular formula is C17H14ClF2N3O. The van der Waals surface area contributed by atoms with Crippen LogP contribution >= 0.6 is 11.6 Å². The third-order valence-electron chi connectivity index (χ3n) is 3.72. The minimum atomic E-state index is -1.11. The molecule has 0 atom stereocenters. The van der Waals surface area contributed by atoms with E-state index in [4.69, 9.17) is 11.6 Å². The molecule has 0 aliphatic heterocycles. The molecule has 124 valence electrons. The SMILES string of the molecule is Cc1nc2ccccc2n1CCNC(=O)c1cc(F)c(F)cc1Cl. The largest absolute Gasteiger partial charge is 0.350 e. The molecule has 1 N–H and O–H groups in total. The van der Waals surface area contributed by atoms with Gasteiger partial charge in [0.05, 0.1) is 21.6 Å². The van der Waals surface area contributed by atoms with Gasteiger partial charge in [0.25, 0.3) is 5.91 Å². The van der Waals surface area contributed by atoms with Crippen molar-refractivity contribution in [3.8, 4) is 0 Å². The Morgan fingerprint density at radius 2 is 1.96 bits per heavy atom. The molecule has 24 heavy (non-hydrogen) atoms. The molecule has 1 aromatic heterocycles. The third kappa shape index (κ3) is 3.10. The van der Waals surface area contributed by atoms with Gasteiger partial charge in [-0.1, -0.05) is 23.7 Å². The van der Waals surface area contributed by atoms with Gasteiger partial charge in [0, 0.05) is 13.1 Å². The number of halogens is 3. The van der Waals surface area contributed by atoms with Crippen LogP contribution in [0.15, 0.2) is 36.4 Å². The van der Waals surface area contributed by atoms with E-state index in [1.807, 2.05) is 35.8 Å². The summed E-state index contributed by atoms with van der Waals surface area (Å²) in [6.45, 7) is 2.68. The van der Waals surface area contributed by atoms with Gasteiger partial charge < -0.3 is 9.88 Å². The molecule has 0 fully saturated rings. The van der Waals surface area contributed by atoms with Crippen LogP contribution in [0.3, 0.4) is 0 Å². The Labute approximate surface area is 142 Å². The van der Waals surface area contributed by atoms with Crippen molar-refractivity contribution in [2.45, 2.75) is 13.5 Å². The first kappa shape index (κ1) is 16.4. The summed E-state index contributed by atoms with van der Waals surface area (Å²) in [5.74, 6) is -1.92. The van der Waals surface area contributed by atoms with E-state index in [1.165, 1.54) is 0 Å². The molecule has 3 aromatic rings. The van der Waals surface area contributed by atoms with Crippen LogP contribution in [0.4, 0.5) is 8.78 Å². The number of hydrogen-bond acceptors (Lipinski definition) is 2. The average Bonchev–Trinajstić information content (AvgIpc) is 2.86. The van der Waals surface area contributed by atoms with Crippen LogP contribution in [0.2, 0.25) is 5.02 Å². The van der Waals surface area contributed by atoms with Crippen LogP contribution in [0.1, 0.15) is 16.2 Å². The summed E-state index contributed by atoms with van der Waals surface area (Å²) in [4.78, 5) is 16.5. The second-order valence-corrected chi connectivity index (χ2v) is 5.71. The number of nitrogens with one attached hydrogen (secondary N) is 1. The van der Waals surface area contributed by atoms with E-state index in [-0.39, 0.29) is 10.6 Å². The Balaban J connectivity index is 1.71. The molecule has 0 bridgehead atoms. The number of benzene rings is 2. The summed E-state index contributed by atoms with van der Waals surface area (Å²) in [6, 6.07) is 9.28. The van der Waals surface area contributed by atoms with E-state index in [2.05, 4.69) is 10.3 Å².